The molecule has 1 saturated heterocycles. The minimum absolute atomic E-state index is 0.135. The van der Waals surface area contributed by atoms with E-state index in [1.165, 1.54) is 11.1 Å². The Kier molecular flexibility index (Phi) is 4.87. The topological polar surface area (TPSA) is 69.3 Å². The first kappa shape index (κ1) is 19.0. The lowest BCUT2D eigenvalue weighted by atomic mass is 10.0. The Hall–Kier alpha value is -2.99. The number of H-pyrrole nitrogens is 1. The molecule has 1 amide bonds. The molecule has 0 unspecified atom stereocenters. The quantitative estimate of drug-likeness (QED) is 0.731. The van der Waals surface area contributed by atoms with E-state index >= 15 is 0 Å². The largest absolute Gasteiger partial charge is 0.336 e. The summed E-state index contributed by atoms with van der Waals surface area (Å²) in [5.41, 5.74) is 2.96. The first-order chi connectivity index (χ1) is 14.6. The number of carbonyl (C=O) groups excluding carboxylic acids is 1. The Morgan fingerprint density at radius 1 is 1.07 bits per heavy atom. The third-order valence-electron chi connectivity index (χ3n) is 6.74. The van der Waals surface area contributed by atoms with Crippen LogP contribution in [0.3, 0.4) is 0 Å². The van der Waals surface area contributed by atoms with E-state index in [-0.39, 0.29) is 17.5 Å². The predicted molar refractivity (Wildman–Crippen MR) is 117 cm³/mol. The fourth-order valence-electron chi connectivity index (χ4n) is 5.04. The number of nitrogens with zero attached hydrogens (tertiary/aromatic N) is 3. The third kappa shape index (κ3) is 3.31. The van der Waals surface area contributed by atoms with E-state index in [0.717, 1.165) is 38.8 Å². The van der Waals surface area contributed by atoms with E-state index in [9.17, 15) is 9.59 Å². The number of nitrogens with one attached hydrogen (secondary N) is 1. The highest BCUT2D eigenvalue weighted by Crippen LogP contribution is 2.28. The molecular formula is C24H26N4O2. The Morgan fingerprint density at radius 2 is 1.73 bits per heavy atom. The number of amides is 1. The summed E-state index contributed by atoms with van der Waals surface area (Å²) in [6.07, 6.45) is 4.24. The Balaban J connectivity index is 1.34. The molecule has 2 aliphatic rings. The number of hydrogen-bond acceptors (Lipinski definition) is 4. The van der Waals surface area contributed by atoms with Gasteiger partial charge >= 0.3 is 0 Å². The van der Waals surface area contributed by atoms with Crippen LogP contribution in [0.4, 0.5) is 0 Å². The number of hydrogen-bond donors (Lipinski definition) is 1. The molecule has 1 aromatic heterocycles. The second kappa shape index (κ2) is 7.69. The Morgan fingerprint density at radius 3 is 2.47 bits per heavy atom. The summed E-state index contributed by atoms with van der Waals surface area (Å²) in [4.78, 5) is 29.7. The van der Waals surface area contributed by atoms with Crippen molar-refractivity contribution in [1.29, 1.82) is 0 Å². The van der Waals surface area contributed by atoms with Gasteiger partial charge in [0.2, 0.25) is 0 Å². The molecule has 30 heavy (non-hydrogen) atoms. The molecule has 3 aromatic rings. The van der Waals surface area contributed by atoms with Crippen LogP contribution in [-0.2, 0) is 12.8 Å². The fourth-order valence-corrected chi connectivity index (χ4v) is 5.04. The van der Waals surface area contributed by atoms with Crippen molar-refractivity contribution in [2.24, 2.45) is 0 Å². The zero-order valence-electron chi connectivity index (χ0n) is 17.2. The number of rotatable bonds is 3. The second-order valence-electron chi connectivity index (χ2n) is 8.48. The summed E-state index contributed by atoms with van der Waals surface area (Å²) in [6.45, 7) is 1.96. The molecule has 6 heteroatoms. The maximum absolute atomic E-state index is 13.3. The van der Waals surface area contributed by atoms with Gasteiger partial charge in [0.1, 0.15) is 0 Å². The standard InChI is InChI=1S/C24H26N4O2/c1-27(24(30)22-20-10-4-5-11-21(20)23(29)26-25-22)18-9-6-12-28(15-18)19-13-16-7-2-3-8-17(16)14-19/h2-5,7-8,10-11,18-19H,6,9,12-15H2,1H3,(H,26,29)/t18-/m1/s1. The molecule has 1 atom stereocenters. The molecule has 1 aliphatic carbocycles. The highest BCUT2D eigenvalue weighted by molar-refractivity contribution is 6.04. The smallest absolute Gasteiger partial charge is 0.274 e. The molecule has 2 aromatic carbocycles. The van der Waals surface area contributed by atoms with E-state index in [2.05, 4.69) is 39.4 Å². The first-order valence-electron chi connectivity index (χ1n) is 10.7. The maximum Gasteiger partial charge on any atom is 0.274 e. The van der Waals surface area contributed by atoms with E-state index in [4.69, 9.17) is 0 Å². The van der Waals surface area contributed by atoms with Gasteiger partial charge in [-0.1, -0.05) is 42.5 Å². The van der Waals surface area contributed by atoms with Crippen molar-refractivity contribution in [2.75, 3.05) is 20.1 Å². The van der Waals surface area contributed by atoms with Gasteiger partial charge in [0.05, 0.1) is 5.39 Å². The molecule has 1 N–H and O–H groups in total. The summed E-state index contributed by atoms with van der Waals surface area (Å²) >= 11 is 0. The lowest BCUT2D eigenvalue weighted by molar-refractivity contribution is 0.0551. The van der Waals surface area contributed by atoms with Crippen molar-refractivity contribution in [3.8, 4) is 0 Å². The predicted octanol–water partition coefficient (Wildman–Crippen LogP) is 2.63. The molecule has 2 heterocycles. The number of likely N-dealkylation sites (N-methyl/N-ethyl adjacent to an activating group) is 1. The molecular weight excluding hydrogens is 376 g/mol. The highest BCUT2D eigenvalue weighted by atomic mass is 16.2. The van der Waals surface area contributed by atoms with Crippen molar-refractivity contribution in [2.45, 2.75) is 37.8 Å². The van der Waals surface area contributed by atoms with E-state index in [1.54, 1.807) is 18.2 Å². The maximum atomic E-state index is 13.3. The van der Waals surface area contributed by atoms with Gasteiger partial charge in [-0.15, -0.1) is 0 Å². The van der Waals surface area contributed by atoms with Gasteiger partial charge in [0, 0.05) is 31.1 Å². The van der Waals surface area contributed by atoms with Crippen LogP contribution in [0.25, 0.3) is 10.8 Å². The van der Waals surface area contributed by atoms with Crippen molar-refractivity contribution >= 4 is 16.7 Å². The lowest BCUT2D eigenvalue weighted by Crippen LogP contribution is -2.52. The summed E-state index contributed by atoms with van der Waals surface area (Å²) in [6, 6.07) is 16.5. The highest BCUT2D eigenvalue weighted by Gasteiger charge is 2.33. The molecule has 154 valence electrons. The lowest BCUT2D eigenvalue weighted by Gasteiger charge is -2.40. The van der Waals surface area contributed by atoms with E-state index in [0.29, 0.717) is 22.5 Å². The van der Waals surface area contributed by atoms with Crippen LogP contribution in [0.5, 0.6) is 0 Å². The molecule has 0 saturated carbocycles. The Labute approximate surface area is 175 Å². The van der Waals surface area contributed by atoms with Crippen molar-refractivity contribution in [3.05, 3.63) is 75.7 Å². The number of likely N-dealkylation sites (tertiary alicyclic amines) is 1. The van der Waals surface area contributed by atoms with Crippen LogP contribution in [0.2, 0.25) is 0 Å². The summed E-state index contributed by atoms with van der Waals surface area (Å²) in [5.74, 6) is -0.135. The van der Waals surface area contributed by atoms with E-state index < -0.39 is 0 Å². The van der Waals surface area contributed by atoms with Gasteiger partial charge in [-0.05, 0) is 49.4 Å². The zero-order chi connectivity index (χ0) is 20.7. The van der Waals surface area contributed by atoms with Crippen LogP contribution in [0.1, 0.15) is 34.5 Å². The first-order valence-corrected chi connectivity index (χ1v) is 10.7. The molecule has 0 bridgehead atoms. The number of piperidine rings is 1. The summed E-state index contributed by atoms with van der Waals surface area (Å²) in [5, 5.41) is 7.69. The van der Waals surface area contributed by atoms with Crippen LogP contribution < -0.4 is 5.56 Å². The van der Waals surface area contributed by atoms with Gasteiger partial charge in [0.25, 0.3) is 11.5 Å². The average molecular weight is 402 g/mol. The van der Waals surface area contributed by atoms with Crippen molar-refractivity contribution in [1.82, 2.24) is 20.0 Å². The van der Waals surface area contributed by atoms with Gasteiger partial charge in [0.15, 0.2) is 5.69 Å². The zero-order valence-corrected chi connectivity index (χ0v) is 17.2. The van der Waals surface area contributed by atoms with Crippen molar-refractivity contribution in [3.63, 3.8) is 0 Å². The number of aromatic amines is 1. The monoisotopic (exact) mass is 402 g/mol. The minimum Gasteiger partial charge on any atom is -0.336 e. The Bertz CT molecular complexity index is 1130. The minimum atomic E-state index is -0.269. The summed E-state index contributed by atoms with van der Waals surface area (Å²) < 4.78 is 0. The number of aromatic nitrogens is 2. The van der Waals surface area contributed by atoms with Crippen LogP contribution in [-0.4, -0.2) is 58.1 Å². The van der Waals surface area contributed by atoms with E-state index in [1.807, 2.05) is 18.0 Å². The SMILES string of the molecule is CN(C(=O)c1n[nH]c(=O)c2ccccc12)[C@@H]1CCCN(C2Cc3ccccc3C2)C1. The van der Waals surface area contributed by atoms with Crippen LogP contribution in [0.15, 0.2) is 53.3 Å². The molecule has 0 radical (unpaired) electrons. The van der Waals surface area contributed by atoms with Gasteiger partial charge < -0.3 is 4.90 Å². The molecule has 5 rings (SSSR count). The second-order valence-corrected chi connectivity index (χ2v) is 8.48. The summed E-state index contributed by atoms with van der Waals surface area (Å²) in [7, 11) is 1.86. The average Bonchev–Trinajstić information content (AvgIpc) is 3.23. The van der Waals surface area contributed by atoms with Gasteiger partial charge in [-0.3, -0.25) is 14.5 Å². The normalized spacial score (nSPS) is 19.7. The third-order valence-corrected chi connectivity index (χ3v) is 6.74. The number of fused-ring (bicyclic) bond motifs is 2. The molecule has 1 fully saturated rings. The molecule has 0 spiro atoms. The molecule has 6 nitrogen and oxygen atoms in total. The molecule has 1 aliphatic heterocycles. The fraction of sp³-hybridized carbons (Fsp3) is 0.375. The number of benzene rings is 2. The van der Waals surface area contributed by atoms with Crippen LogP contribution in [0, 0.1) is 0 Å². The van der Waals surface area contributed by atoms with Gasteiger partial charge in [-0.2, -0.15) is 5.10 Å². The van der Waals surface area contributed by atoms with Crippen molar-refractivity contribution < 1.29 is 4.79 Å². The number of carbonyl (C=O) groups is 1. The van der Waals surface area contributed by atoms with Crippen LogP contribution >= 0.6 is 0 Å². The van der Waals surface area contributed by atoms with Gasteiger partial charge in [-0.25, -0.2) is 5.10 Å².